The zero-order valence-electron chi connectivity index (χ0n) is 19.5. The van der Waals surface area contributed by atoms with E-state index in [1.165, 1.54) is 0 Å². The lowest BCUT2D eigenvalue weighted by molar-refractivity contribution is -0.331. The first-order chi connectivity index (χ1) is 15.2. The summed E-state index contributed by atoms with van der Waals surface area (Å²) < 4.78 is 25.2. The average molecular weight is 452 g/mol. The number of ether oxygens (including phenoxy) is 4. The van der Waals surface area contributed by atoms with E-state index in [1.807, 2.05) is 0 Å². The molecule has 13 atom stereocenters. The van der Waals surface area contributed by atoms with E-state index in [-0.39, 0.29) is 42.3 Å². The Morgan fingerprint density at radius 2 is 1.88 bits per heavy atom. The zero-order valence-corrected chi connectivity index (χ0v) is 19.5. The van der Waals surface area contributed by atoms with E-state index in [1.54, 1.807) is 14.2 Å². The Hall–Kier alpha value is -0.320. The fourth-order valence-corrected chi connectivity index (χ4v) is 11.2. The van der Waals surface area contributed by atoms with E-state index < -0.39 is 40.3 Å². The summed E-state index contributed by atoms with van der Waals surface area (Å²) in [6.07, 6.45) is 0.630. The van der Waals surface area contributed by atoms with Gasteiger partial charge in [-0.3, -0.25) is 4.90 Å². The van der Waals surface area contributed by atoms with Gasteiger partial charge in [0.25, 0.3) is 0 Å². The first-order valence-corrected chi connectivity index (χ1v) is 12.4. The molecule has 3 spiro atoms. The van der Waals surface area contributed by atoms with Gasteiger partial charge < -0.3 is 34.3 Å². The highest BCUT2D eigenvalue weighted by atomic mass is 16.7. The smallest absolute Gasteiger partial charge is 0.148 e. The van der Waals surface area contributed by atoms with Gasteiger partial charge in [0.15, 0.2) is 0 Å². The number of aliphatic hydroxyl groups excluding tert-OH is 2. The first kappa shape index (κ1) is 21.0. The van der Waals surface area contributed by atoms with Crippen LogP contribution in [0.15, 0.2) is 0 Å². The van der Waals surface area contributed by atoms with Crippen LogP contribution >= 0.6 is 0 Å². The minimum atomic E-state index is -1.25. The second kappa shape index (κ2) is 5.90. The van der Waals surface area contributed by atoms with E-state index in [4.69, 9.17) is 18.9 Å². The summed E-state index contributed by atoms with van der Waals surface area (Å²) in [5.41, 5.74) is -4.21. The molecule has 0 aromatic carbocycles. The quantitative estimate of drug-likeness (QED) is 0.557. The summed E-state index contributed by atoms with van der Waals surface area (Å²) in [5.74, 6) is -0.904. The van der Waals surface area contributed by atoms with Crippen LogP contribution in [0.4, 0.5) is 0 Å². The minimum absolute atomic E-state index is 0.0582. The van der Waals surface area contributed by atoms with E-state index >= 15 is 0 Å². The van der Waals surface area contributed by atoms with Gasteiger partial charge in [0.2, 0.25) is 0 Å². The Labute approximate surface area is 189 Å². The van der Waals surface area contributed by atoms with Gasteiger partial charge in [-0.25, -0.2) is 0 Å². The van der Waals surface area contributed by atoms with Gasteiger partial charge >= 0.3 is 0 Å². The maximum Gasteiger partial charge on any atom is 0.148 e. The molecule has 2 saturated heterocycles. The number of fused-ring (bicyclic) bond motifs is 1. The van der Waals surface area contributed by atoms with Gasteiger partial charge in [0.1, 0.15) is 18.0 Å². The van der Waals surface area contributed by atoms with Gasteiger partial charge in [-0.05, 0) is 31.2 Å². The number of methoxy groups -OCH3 is 2. The van der Waals surface area contributed by atoms with Crippen LogP contribution in [0.5, 0.6) is 0 Å². The fourth-order valence-electron chi connectivity index (χ4n) is 11.2. The Kier molecular flexibility index (Phi) is 3.87. The molecule has 0 amide bonds. The van der Waals surface area contributed by atoms with Crippen molar-refractivity contribution in [3.8, 4) is 0 Å². The highest BCUT2D eigenvalue weighted by Crippen LogP contribution is 2.83. The number of likely N-dealkylation sites (N-methyl/N-ethyl adjacent to an activating group) is 1. The molecule has 5 saturated carbocycles. The van der Waals surface area contributed by atoms with Crippen LogP contribution < -0.4 is 0 Å². The summed E-state index contributed by atoms with van der Waals surface area (Å²) in [6, 6.07) is -0.247. The molecule has 2 aliphatic heterocycles. The Balaban J connectivity index is 1.60. The van der Waals surface area contributed by atoms with Crippen LogP contribution in [0.3, 0.4) is 0 Å². The van der Waals surface area contributed by atoms with Crippen LogP contribution in [0.25, 0.3) is 0 Å². The summed E-state index contributed by atoms with van der Waals surface area (Å²) in [7, 11) is 3.40. The molecule has 0 aromatic heterocycles. The van der Waals surface area contributed by atoms with E-state index in [0.717, 1.165) is 25.9 Å². The highest BCUT2D eigenvalue weighted by molar-refractivity contribution is 5.46. The maximum atomic E-state index is 13.0. The standard InChI is InChI=1S/C24H37NO7/c1-5-25-10-20(2)7-6-14(30-4)23-17(20)18(27)24(19(23)25)22(31-11-32-24)9-13(29-3)12-8-21(23,28)16(22)15(12)26/h12-19,26-28H,5-11H2,1-4H3/t12-,13+,14+,15-,16?,17?,18+,19?,20?,21+,22-,23-,24?/m1/s1. The SMILES string of the molecule is CCN1CC2(C)CC[C@H](OC)[C@]34C2[C@H](O)C2(OCO[C@@]25C[C@H](OC)[C@H]2C[C@]3(O)C5[C@@H]2O)C14. The van der Waals surface area contributed by atoms with Gasteiger partial charge in [0, 0.05) is 44.9 Å². The normalized spacial score (nSPS) is 66.5. The second-order valence-electron chi connectivity index (χ2n) is 12.1. The Bertz CT molecular complexity index is 858. The van der Waals surface area contributed by atoms with E-state index in [0.29, 0.717) is 12.8 Å². The second-order valence-corrected chi connectivity index (χ2v) is 12.1. The largest absolute Gasteiger partial charge is 0.392 e. The number of rotatable bonds is 3. The van der Waals surface area contributed by atoms with Crippen molar-refractivity contribution < 1.29 is 34.3 Å². The van der Waals surface area contributed by atoms with Crippen molar-refractivity contribution in [2.75, 3.05) is 34.1 Å². The molecule has 5 aliphatic carbocycles. The van der Waals surface area contributed by atoms with Crippen molar-refractivity contribution in [3.05, 3.63) is 0 Å². The molecular formula is C24H37NO7. The number of nitrogens with zero attached hydrogens (tertiary/aromatic N) is 1. The molecule has 7 rings (SSSR count). The van der Waals surface area contributed by atoms with Crippen molar-refractivity contribution in [3.63, 3.8) is 0 Å². The number of piperidine rings is 1. The average Bonchev–Trinajstić information content (AvgIpc) is 3.29. The zero-order chi connectivity index (χ0) is 22.5. The third-order valence-corrected chi connectivity index (χ3v) is 11.7. The van der Waals surface area contributed by atoms with Crippen LogP contribution in [0, 0.1) is 28.6 Å². The number of likely N-dealkylation sites (tertiary alicyclic amines) is 1. The topological polar surface area (TPSA) is 101 Å². The number of aliphatic hydroxyl groups is 3. The maximum absolute atomic E-state index is 13.0. The van der Waals surface area contributed by atoms with Crippen molar-refractivity contribution in [2.45, 2.75) is 86.8 Å². The molecule has 3 N–H and O–H groups in total. The van der Waals surface area contributed by atoms with Gasteiger partial charge in [0.05, 0.1) is 41.5 Å². The lowest BCUT2D eigenvalue weighted by atomic mass is 9.41. The molecule has 0 aromatic rings. The van der Waals surface area contributed by atoms with Gasteiger partial charge in [-0.1, -0.05) is 13.8 Å². The van der Waals surface area contributed by atoms with Crippen LogP contribution in [0.2, 0.25) is 0 Å². The predicted molar refractivity (Wildman–Crippen MR) is 112 cm³/mol. The number of hydrogen-bond acceptors (Lipinski definition) is 8. The summed E-state index contributed by atoms with van der Waals surface area (Å²) in [6.45, 7) is 6.13. The van der Waals surface area contributed by atoms with E-state index in [2.05, 4.69) is 18.7 Å². The van der Waals surface area contributed by atoms with E-state index in [9.17, 15) is 15.3 Å². The molecule has 32 heavy (non-hydrogen) atoms. The molecule has 8 nitrogen and oxygen atoms in total. The molecule has 8 heteroatoms. The molecule has 5 unspecified atom stereocenters. The molecule has 7 aliphatic rings. The molecular weight excluding hydrogens is 414 g/mol. The Morgan fingerprint density at radius 1 is 1.09 bits per heavy atom. The molecule has 7 fully saturated rings. The van der Waals surface area contributed by atoms with Crippen LogP contribution in [-0.2, 0) is 18.9 Å². The van der Waals surface area contributed by atoms with Crippen LogP contribution in [0.1, 0.15) is 39.5 Å². The van der Waals surface area contributed by atoms with Gasteiger partial charge in [-0.2, -0.15) is 0 Å². The van der Waals surface area contributed by atoms with Crippen molar-refractivity contribution >= 4 is 0 Å². The molecule has 180 valence electrons. The molecule has 0 radical (unpaired) electrons. The fraction of sp³-hybridized carbons (Fsp3) is 1.00. The molecule has 2 heterocycles. The summed E-state index contributed by atoms with van der Waals surface area (Å²) in [5, 5.41) is 37.0. The first-order valence-electron chi connectivity index (χ1n) is 12.4. The van der Waals surface area contributed by atoms with Crippen molar-refractivity contribution in [2.24, 2.45) is 28.6 Å². The third kappa shape index (κ3) is 1.68. The molecule has 7 bridgehead atoms. The Morgan fingerprint density at radius 3 is 2.56 bits per heavy atom. The monoisotopic (exact) mass is 451 g/mol. The van der Waals surface area contributed by atoms with Crippen LogP contribution in [-0.4, -0.2) is 102 Å². The predicted octanol–water partition coefficient (Wildman–Crippen LogP) is 0.125. The summed E-state index contributed by atoms with van der Waals surface area (Å²) in [4.78, 5) is 2.43. The lowest BCUT2D eigenvalue weighted by Gasteiger charge is -2.71. The number of hydrogen-bond donors (Lipinski definition) is 3. The van der Waals surface area contributed by atoms with Crippen molar-refractivity contribution in [1.82, 2.24) is 4.90 Å². The minimum Gasteiger partial charge on any atom is -0.392 e. The lowest BCUT2D eigenvalue weighted by Crippen LogP contribution is -2.85. The van der Waals surface area contributed by atoms with Crippen molar-refractivity contribution in [1.29, 1.82) is 0 Å². The third-order valence-electron chi connectivity index (χ3n) is 11.7. The highest BCUT2D eigenvalue weighted by Gasteiger charge is 2.96. The van der Waals surface area contributed by atoms with Gasteiger partial charge in [-0.15, -0.1) is 0 Å². The summed E-state index contributed by atoms with van der Waals surface area (Å²) >= 11 is 0.